The first-order valence-corrected chi connectivity index (χ1v) is 9.90. The number of nitrogens with zero attached hydrogens (tertiary/aromatic N) is 4. The molecule has 3 aromatic rings. The Morgan fingerprint density at radius 3 is 3.00 bits per heavy atom. The molecular formula is C18H19ClN4O2S. The van der Waals surface area contributed by atoms with Gasteiger partial charge in [-0.05, 0) is 24.3 Å². The number of hydrogen-bond acceptors (Lipinski definition) is 5. The first-order valence-electron chi connectivity index (χ1n) is 8.64. The first-order chi connectivity index (χ1) is 12.6. The number of likely N-dealkylation sites (tertiary alicyclic amines) is 1. The van der Waals surface area contributed by atoms with Gasteiger partial charge in [0.2, 0.25) is 0 Å². The number of amides is 1. The van der Waals surface area contributed by atoms with Crippen LogP contribution in [0.3, 0.4) is 0 Å². The van der Waals surface area contributed by atoms with E-state index in [0.717, 1.165) is 42.0 Å². The summed E-state index contributed by atoms with van der Waals surface area (Å²) in [7, 11) is 1.76. The van der Waals surface area contributed by atoms with Crippen molar-refractivity contribution in [1.82, 2.24) is 19.8 Å². The molecule has 1 fully saturated rings. The summed E-state index contributed by atoms with van der Waals surface area (Å²) in [6, 6.07) is 5.80. The lowest BCUT2D eigenvalue weighted by Crippen LogP contribution is -2.35. The van der Waals surface area contributed by atoms with Crippen LogP contribution in [-0.4, -0.2) is 32.3 Å². The lowest BCUT2D eigenvalue weighted by atomic mass is 10.1. The fourth-order valence-corrected chi connectivity index (χ4v) is 4.31. The van der Waals surface area contributed by atoms with Gasteiger partial charge in [-0.2, -0.15) is 5.10 Å². The fraction of sp³-hybridized carbons (Fsp3) is 0.389. The summed E-state index contributed by atoms with van der Waals surface area (Å²) >= 11 is 7.81. The lowest BCUT2D eigenvalue weighted by molar-refractivity contribution is 0.0667. The minimum atomic E-state index is -0.150. The number of carbonyl (C=O) groups is 1. The predicted molar refractivity (Wildman–Crippen MR) is 100 cm³/mol. The Labute approximate surface area is 160 Å². The van der Waals surface area contributed by atoms with Crippen LogP contribution in [0.25, 0.3) is 10.6 Å². The zero-order valence-electron chi connectivity index (χ0n) is 14.4. The summed E-state index contributed by atoms with van der Waals surface area (Å²) in [5.74, 6) is 0.589. The molecule has 6 nitrogen and oxygen atoms in total. The van der Waals surface area contributed by atoms with Crippen LogP contribution in [0.15, 0.2) is 34.3 Å². The maximum atomic E-state index is 13.1. The third-order valence-electron chi connectivity index (χ3n) is 4.63. The van der Waals surface area contributed by atoms with E-state index in [2.05, 4.69) is 10.3 Å². The number of halogens is 1. The van der Waals surface area contributed by atoms with E-state index >= 15 is 0 Å². The van der Waals surface area contributed by atoms with Crippen LogP contribution in [0.1, 0.15) is 47.9 Å². The zero-order valence-corrected chi connectivity index (χ0v) is 16.0. The first kappa shape index (κ1) is 17.3. The predicted octanol–water partition coefficient (Wildman–Crippen LogP) is 4.55. The van der Waals surface area contributed by atoms with Gasteiger partial charge >= 0.3 is 0 Å². The van der Waals surface area contributed by atoms with Gasteiger partial charge in [0.1, 0.15) is 5.69 Å². The van der Waals surface area contributed by atoms with Gasteiger partial charge in [0, 0.05) is 25.9 Å². The Bertz CT molecular complexity index is 902. The molecule has 4 rings (SSSR count). The maximum absolute atomic E-state index is 13.1. The SMILES string of the molecule is Cn1cc(Cl)c(C(=O)N2CCCCCC2c2cc(-c3cccs3)on2)n1. The minimum Gasteiger partial charge on any atom is -0.355 e. The van der Waals surface area contributed by atoms with Gasteiger partial charge in [0.05, 0.1) is 15.9 Å². The molecule has 136 valence electrons. The minimum absolute atomic E-state index is 0.125. The summed E-state index contributed by atoms with van der Waals surface area (Å²) in [4.78, 5) is 16.0. The Hall–Kier alpha value is -2.12. The van der Waals surface area contributed by atoms with Crippen LogP contribution in [0.2, 0.25) is 5.02 Å². The van der Waals surface area contributed by atoms with Crippen LogP contribution in [0, 0.1) is 0 Å². The molecule has 1 amide bonds. The van der Waals surface area contributed by atoms with E-state index < -0.39 is 0 Å². The summed E-state index contributed by atoms with van der Waals surface area (Å²) < 4.78 is 7.10. The van der Waals surface area contributed by atoms with Crippen LogP contribution >= 0.6 is 22.9 Å². The summed E-state index contributed by atoms with van der Waals surface area (Å²) in [6.07, 6.45) is 5.60. The van der Waals surface area contributed by atoms with Gasteiger partial charge in [-0.3, -0.25) is 9.48 Å². The van der Waals surface area contributed by atoms with Gasteiger partial charge in [0.25, 0.3) is 5.91 Å². The van der Waals surface area contributed by atoms with E-state index in [1.165, 1.54) is 0 Å². The highest BCUT2D eigenvalue weighted by Gasteiger charge is 2.32. The quantitative estimate of drug-likeness (QED) is 0.658. The topological polar surface area (TPSA) is 64.2 Å². The van der Waals surface area contributed by atoms with Crippen molar-refractivity contribution >= 4 is 28.8 Å². The molecule has 0 N–H and O–H groups in total. The van der Waals surface area contributed by atoms with Crippen molar-refractivity contribution in [3.8, 4) is 10.6 Å². The molecule has 0 bridgehead atoms. The molecule has 0 spiro atoms. The molecule has 1 aliphatic rings. The monoisotopic (exact) mass is 390 g/mol. The maximum Gasteiger partial charge on any atom is 0.276 e. The average molecular weight is 391 g/mol. The second-order valence-corrected chi connectivity index (χ2v) is 7.81. The summed E-state index contributed by atoms with van der Waals surface area (Å²) in [5.41, 5.74) is 1.08. The van der Waals surface area contributed by atoms with Crippen molar-refractivity contribution in [1.29, 1.82) is 0 Å². The standard InChI is InChI=1S/C18H19ClN4O2S/c1-22-11-12(19)17(20-22)18(24)23-8-4-2-3-6-14(23)13-10-15(25-21-13)16-7-5-9-26-16/h5,7,9-11,14H,2-4,6,8H2,1H3. The molecule has 0 aromatic carbocycles. The van der Waals surface area contributed by atoms with Crippen molar-refractivity contribution in [2.24, 2.45) is 7.05 Å². The highest BCUT2D eigenvalue weighted by Crippen LogP contribution is 2.34. The van der Waals surface area contributed by atoms with Crippen molar-refractivity contribution in [3.63, 3.8) is 0 Å². The Balaban J connectivity index is 1.66. The number of carbonyl (C=O) groups excluding carboxylic acids is 1. The van der Waals surface area contributed by atoms with Crippen LogP contribution < -0.4 is 0 Å². The molecule has 0 saturated carbocycles. The van der Waals surface area contributed by atoms with Gasteiger partial charge in [-0.15, -0.1) is 11.3 Å². The van der Waals surface area contributed by atoms with Crippen LogP contribution in [-0.2, 0) is 7.05 Å². The molecule has 1 atom stereocenters. The molecule has 0 aliphatic carbocycles. The molecular weight excluding hydrogens is 372 g/mol. The van der Waals surface area contributed by atoms with E-state index in [-0.39, 0.29) is 11.9 Å². The third-order valence-corrected chi connectivity index (χ3v) is 5.80. The molecule has 3 aromatic heterocycles. The van der Waals surface area contributed by atoms with Crippen LogP contribution in [0.4, 0.5) is 0 Å². The van der Waals surface area contributed by atoms with E-state index in [0.29, 0.717) is 17.3 Å². The number of hydrogen-bond donors (Lipinski definition) is 0. The van der Waals surface area contributed by atoms with Gasteiger partial charge in [0.15, 0.2) is 11.5 Å². The number of aromatic nitrogens is 3. The lowest BCUT2D eigenvalue weighted by Gasteiger charge is -2.28. The molecule has 26 heavy (non-hydrogen) atoms. The van der Waals surface area contributed by atoms with E-state index in [9.17, 15) is 4.79 Å². The normalized spacial score (nSPS) is 18.1. The average Bonchev–Trinajstić information content (AvgIpc) is 3.33. The fourth-order valence-electron chi connectivity index (χ4n) is 3.38. The Kier molecular flexibility index (Phi) is 4.82. The molecule has 1 saturated heterocycles. The molecule has 0 radical (unpaired) electrons. The number of rotatable bonds is 3. The zero-order chi connectivity index (χ0) is 18.1. The van der Waals surface area contributed by atoms with Crippen molar-refractivity contribution < 1.29 is 9.32 Å². The number of aryl methyl sites for hydroxylation is 1. The van der Waals surface area contributed by atoms with Crippen molar-refractivity contribution in [2.75, 3.05) is 6.54 Å². The second-order valence-electron chi connectivity index (χ2n) is 6.46. The third kappa shape index (κ3) is 3.29. The van der Waals surface area contributed by atoms with Crippen molar-refractivity contribution in [3.05, 3.63) is 46.2 Å². The van der Waals surface area contributed by atoms with Gasteiger partial charge in [-0.1, -0.05) is 35.7 Å². The van der Waals surface area contributed by atoms with Crippen molar-refractivity contribution in [2.45, 2.75) is 31.7 Å². The van der Waals surface area contributed by atoms with Gasteiger partial charge in [-0.25, -0.2) is 0 Å². The highest BCUT2D eigenvalue weighted by molar-refractivity contribution is 7.13. The summed E-state index contributed by atoms with van der Waals surface area (Å²) in [6.45, 7) is 0.664. The second kappa shape index (κ2) is 7.25. The largest absolute Gasteiger partial charge is 0.355 e. The Morgan fingerprint density at radius 1 is 1.38 bits per heavy atom. The molecule has 4 heterocycles. The highest BCUT2D eigenvalue weighted by atomic mass is 35.5. The van der Waals surface area contributed by atoms with E-state index in [4.69, 9.17) is 16.1 Å². The van der Waals surface area contributed by atoms with Crippen LogP contribution in [0.5, 0.6) is 0 Å². The van der Waals surface area contributed by atoms with E-state index in [1.54, 1.807) is 29.3 Å². The van der Waals surface area contributed by atoms with Gasteiger partial charge < -0.3 is 9.42 Å². The number of thiophene rings is 1. The molecule has 1 aliphatic heterocycles. The summed E-state index contributed by atoms with van der Waals surface area (Å²) in [5, 5.41) is 10.9. The Morgan fingerprint density at radius 2 is 2.27 bits per heavy atom. The molecule has 8 heteroatoms. The molecule has 1 unspecified atom stereocenters. The van der Waals surface area contributed by atoms with E-state index in [1.807, 2.05) is 28.5 Å². The smallest absolute Gasteiger partial charge is 0.276 e.